The summed E-state index contributed by atoms with van der Waals surface area (Å²) in [4.78, 5) is 28.3. The van der Waals surface area contributed by atoms with Crippen LogP contribution in [0, 0.1) is 0 Å². The first-order valence-electron chi connectivity index (χ1n) is 6.89. The molecule has 0 atom stereocenters. The highest BCUT2D eigenvalue weighted by atomic mass is 35.5. The molecule has 0 spiro atoms. The maximum absolute atomic E-state index is 12.2. The van der Waals surface area contributed by atoms with Crippen LogP contribution in [0.3, 0.4) is 0 Å². The lowest BCUT2D eigenvalue weighted by molar-refractivity contribution is -0.115. The van der Waals surface area contributed by atoms with E-state index >= 15 is 0 Å². The monoisotopic (exact) mass is 337 g/mol. The summed E-state index contributed by atoms with van der Waals surface area (Å²) in [5.41, 5.74) is 1.04. The standard InChI is InChI=1S/C15H16ClN3O2S/c1-3-13(20)18-9-5-6-10(16)11(7-9)19-15(21)12-8-17-14(4-2)22-12/h5-8H,3-4H2,1-2H3,(H,18,20)(H,19,21). The summed E-state index contributed by atoms with van der Waals surface area (Å²) < 4.78 is 0. The molecule has 0 aliphatic heterocycles. The van der Waals surface area contributed by atoms with E-state index in [0.717, 1.165) is 11.4 Å². The van der Waals surface area contributed by atoms with Gasteiger partial charge in [-0.3, -0.25) is 9.59 Å². The Labute approximate surface area is 137 Å². The van der Waals surface area contributed by atoms with Gasteiger partial charge >= 0.3 is 0 Å². The number of nitrogens with one attached hydrogen (secondary N) is 2. The van der Waals surface area contributed by atoms with Crippen LogP contribution in [0.2, 0.25) is 5.02 Å². The van der Waals surface area contributed by atoms with E-state index in [-0.39, 0.29) is 11.8 Å². The van der Waals surface area contributed by atoms with Gasteiger partial charge in [-0.1, -0.05) is 25.4 Å². The zero-order valence-corrected chi connectivity index (χ0v) is 13.8. The van der Waals surface area contributed by atoms with Crippen molar-refractivity contribution in [2.75, 3.05) is 10.6 Å². The number of aryl methyl sites for hydroxylation is 1. The number of benzene rings is 1. The molecule has 2 N–H and O–H groups in total. The van der Waals surface area contributed by atoms with Crippen LogP contribution >= 0.6 is 22.9 Å². The third kappa shape index (κ3) is 4.05. The largest absolute Gasteiger partial charge is 0.326 e. The predicted octanol–water partition coefficient (Wildman–Crippen LogP) is 3.96. The molecule has 5 nitrogen and oxygen atoms in total. The minimum atomic E-state index is -0.266. The third-order valence-electron chi connectivity index (χ3n) is 2.90. The second kappa shape index (κ2) is 7.38. The average Bonchev–Trinajstić information content (AvgIpc) is 2.99. The van der Waals surface area contributed by atoms with E-state index in [4.69, 9.17) is 11.6 Å². The van der Waals surface area contributed by atoms with E-state index in [2.05, 4.69) is 15.6 Å². The van der Waals surface area contributed by atoms with Crippen LogP contribution in [0.4, 0.5) is 11.4 Å². The van der Waals surface area contributed by atoms with Gasteiger partial charge in [0.05, 0.1) is 21.9 Å². The Morgan fingerprint density at radius 2 is 2.05 bits per heavy atom. The van der Waals surface area contributed by atoms with Gasteiger partial charge in [-0.15, -0.1) is 11.3 Å². The van der Waals surface area contributed by atoms with E-state index in [1.807, 2.05) is 6.92 Å². The van der Waals surface area contributed by atoms with E-state index in [1.54, 1.807) is 31.3 Å². The van der Waals surface area contributed by atoms with E-state index < -0.39 is 0 Å². The Hall–Kier alpha value is -1.92. The van der Waals surface area contributed by atoms with Crippen LogP contribution in [-0.2, 0) is 11.2 Å². The number of carbonyl (C=O) groups excluding carboxylic acids is 2. The van der Waals surface area contributed by atoms with Gasteiger partial charge in [0.25, 0.3) is 5.91 Å². The van der Waals surface area contributed by atoms with Gasteiger partial charge in [0.2, 0.25) is 5.91 Å². The molecule has 2 aromatic rings. The second-order valence-corrected chi connectivity index (χ2v) is 6.04. The maximum Gasteiger partial charge on any atom is 0.267 e. The van der Waals surface area contributed by atoms with Crippen molar-refractivity contribution in [1.82, 2.24) is 4.98 Å². The molecule has 0 aliphatic rings. The highest BCUT2D eigenvalue weighted by molar-refractivity contribution is 7.13. The third-order valence-corrected chi connectivity index (χ3v) is 4.37. The molecule has 0 radical (unpaired) electrons. The van der Waals surface area contributed by atoms with Crippen molar-refractivity contribution in [1.29, 1.82) is 0 Å². The van der Waals surface area contributed by atoms with Crippen LogP contribution in [-0.4, -0.2) is 16.8 Å². The summed E-state index contributed by atoms with van der Waals surface area (Å²) in [6, 6.07) is 4.95. The first-order valence-corrected chi connectivity index (χ1v) is 8.08. The molecule has 1 aromatic carbocycles. The van der Waals surface area contributed by atoms with Crippen molar-refractivity contribution in [2.45, 2.75) is 26.7 Å². The van der Waals surface area contributed by atoms with Gasteiger partial charge in [-0.2, -0.15) is 0 Å². The molecule has 1 heterocycles. The minimum absolute atomic E-state index is 0.102. The Morgan fingerprint density at radius 1 is 1.27 bits per heavy atom. The number of amides is 2. The molecular weight excluding hydrogens is 322 g/mol. The fourth-order valence-electron chi connectivity index (χ4n) is 1.71. The number of hydrogen-bond donors (Lipinski definition) is 2. The summed E-state index contributed by atoms with van der Waals surface area (Å²) in [6.07, 6.45) is 2.72. The predicted molar refractivity (Wildman–Crippen MR) is 89.8 cm³/mol. The van der Waals surface area contributed by atoms with E-state index in [0.29, 0.717) is 27.7 Å². The Morgan fingerprint density at radius 3 is 2.68 bits per heavy atom. The highest BCUT2D eigenvalue weighted by Gasteiger charge is 2.12. The second-order valence-electron chi connectivity index (χ2n) is 4.52. The van der Waals surface area contributed by atoms with Crippen molar-refractivity contribution < 1.29 is 9.59 Å². The van der Waals surface area contributed by atoms with Gasteiger partial charge in [-0.05, 0) is 24.6 Å². The van der Waals surface area contributed by atoms with Crippen LogP contribution in [0.15, 0.2) is 24.4 Å². The zero-order chi connectivity index (χ0) is 16.1. The number of carbonyl (C=O) groups is 2. The molecule has 2 rings (SSSR count). The Balaban J connectivity index is 2.15. The minimum Gasteiger partial charge on any atom is -0.326 e. The lowest BCUT2D eigenvalue weighted by Crippen LogP contribution is -2.12. The summed E-state index contributed by atoms with van der Waals surface area (Å²) in [5, 5.41) is 6.78. The van der Waals surface area contributed by atoms with Gasteiger partial charge in [0.1, 0.15) is 4.88 Å². The number of anilines is 2. The first kappa shape index (κ1) is 16.5. The lowest BCUT2D eigenvalue weighted by Gasteiger charge is -2.09. The molecule has 7 heteroatoms. The van der Waals surface area contributed by atoms with Crippen molar-refractivity contribution in [3.05, 3.63) is 39.3 Å². The molecule has 0 saturated heterocycles. The summed E-state index contributed by atoms with van der Waals surface area (Å²) in [7, 11) is 0. The summed E-state index contributed by atoms with van der Waals surface area (Å²) >= 11 is 7.44. The fourth-order valence-corrected chi connectivity index (χ4v) is 2.63. The van der Waals surface area contributed by atoms with Crippen LogP contribution in [0.5, 0.6) is 0 Å². The van der Waals surface area contributed by atoms with Gasteiger partial charge < -0.3 is 10.6 Å². The quantitative estimate of drug-likeness (QED) is 0.867. The summed E-state index contributed by atoms with van der Waals surface area (Å²) in [6.45, 7) is 3.75. The normalized spacial score (nSPS) is 10.3. The van der Waals surface area contributed by atoms with Crippen molar-refractivity contribution in [3.8, 4) is 0 Å². The molecule has 0 bridgehead atoms. The summed E-state index contributed by atoms with van der Waals surface area (Å²) in [5.74, 6) is -0.368. The van der Waals surface area contributed by atoms with Gasteiger partial charge in [0.15, 0.2) is 0 Å². The number of halogens is 1. The molecule has 0 saturated carbocycles. The fraction of sp³-hybridized carbons (Fsp3) is 0.267. The van der Waals surface area contributed by atoms with Crippen molar-refractivity contribution >= 4 is 46.1 Å². The molecule has 0 aliphatic carbocycles. The molecule has 2 amide bonds. The molecular formula is C15H16ClN3O2S. The smallest absolute Gasteiger partial charge is 0.267 e. The van der Waals surface area contributed by atoms with Gasteiger partial charge in [0, 0.05) is 12.1 Å². The average molecular weight is 338 g/mol. The van der Waals surface area contributed by atoms with Gasteiger partial charge in [-0.25, -0.2) is 4.98 Å². The number of aromatic nitrogens is 1. The van der Waals surface area contributed by atoms with Crippen LogP contribution in [0.1, 0.15) is 34.9 Å². The van der Waals surface area contributed by atoms with E-state index in [9.17, 15) is 9.59 Å². The molecule has 0 fully saturated rings. The number of hydrogen-bond acceptors (Lipinski definition) is 4. The SMILES string of the molecule is CCC(=O)Nc1ccc(Cl)c(NC(=O)c2cnc(CC)s2)c1. The highest BCUT2D eigenvalue weighted by Crippen LogP contribution is 2.27. The molecule has 1 aromatic heterocycles. The molecule has 116 valence electrons. The topological polar surface area (TPSA) is 71.1 Å². The van der Waals surface area contributed by atoms with Crippen LogP contribution in [0.25, 0.3) is 0 Å². The Bertz CT molecular complexity index is 700. The lowest BCUT2D eigenvalue weighted by atomic mass is 10.2. The molecule has 22 heavy (non-hydrogen) atoms. The maximum atomic E-state index is 12.2. The number of rotatable bonds is 5. The zero-order valence-electron chi connectivity index (χ0n) is 12.3. The van der Waals surface area contributed by atoms with Crippen molar-refractivity contribution in [2.24, 2.45) is 0 Å². The number of thiazole rings is 1. The molecule has 0 unspecified atom stereocenters. The van der Waals surface area contributed by atoms with Crippen LogP contribution < -0.4 is 10.6 Å². The first-order chi connectivity index (χ1) is 10.5. The Kier molecular flexibility index (Phi) is 5.51. The van der Waals surface area contributed by atoms with E-state index in [1.165, 1.54) is 11.3 Å². The number of nitrogens with zero attached hydrogens (tertiary/aromatic N) is 1. The van der Waals surface area contributed by atoms with Crippen molar-refractivity contribution in [3.63, 3.8) is 0 Å².